The van der Waals surface area contributed by atoms with Crippen LogP contribution in [0.1, 0.15) is 24.0 Å². The molecule has 0 N–H and O–H groups in total. The lowest BCUT2D eigenvalue weighted by atomic mass is 10.1. The number of benzene rings is 1. The Labute approximate surface area is 126 Å². The molecule has 1 saturated heterocycles. The van der Waals surface area contributed by atoms with E-state index < -0.39 is 0 Å². The summed E-state index contributed by atoms with van der Waals surface area (Å²) in [7, 11) is 1.66. The van der Waals surface area contributed by atoms with Crippen LogP contribution in [0, 0.1) is 0 Å². The maximum atomic E-state index is 5.16. The summed E-state index contributed by atoms with van der Waals surface area (Å²) >= 11 is 0. The van der Waals surface area contributed by atoms with Gasteiger partial charge in [0.15, 0.2) is 0 Å². The molecule has 1 aromatic heterocycles. The second-order valence-electron chi connectivity index (χ2n) is 5.30. The Morgan fingerprint density at radius 1 is 1.00 bits per heavy atom. The summed E-state index contributed by atoms with van der Waals surface area (Å²) in [4.78, 5) is 7.61. The SMILES string of the molecule is CO[n+]1cccc(/C=C/c2ccc(N3CCCC3)cc2)c1. The summed E-state index contributed by atoms with van der Waals surface area (Å²) < 4.78 is 1.69. The molecule has 3 heteroatoms. The molecule has 2 heterocycles. The van der Waals surface area contributed by atoms with Crippen LogP contribution in [0.25, 0.3) is 12.2 Å². The van der Waals surface area contributed by atoms with Crippen LogP contribution in [0.3, 0.4) is 0 Å². The second kappa shape index (κ2) is 6.44. The molecule has 0 amide bonds. The van der Waals surface area contributed by atoms with E-state index in [0.29, 0.717) is 0 Å². The first kappa shape index (κ1) is 13.7. The average Bonchev–Trinajstić information content (AvgIpc) is 3.08. The lowest BCUT2D eigenvalue weighted by Crippen LogP contribution is -2.39. The van der Waals surface area contributed by atoms with Gasteiger partial charge in [-0.2, -0.15) is 0 Å². The molecular weight excluding hydrogens is 260 g/mol. The molecule has 1 fully saturated rings. The first-order valence-electron chi connectivity index (χ1n) is 7.44. The highest BCUT2D eigenvalue weighted by atomic mass is 16.6. The lowest BCUT2D eigenvalue weighted by molar-refractivity contribution is -0.885. The number of anilines is 1. The van der Waals surface area contributed by atoms with Crippen LogP contribution in [0.5, 0.6) is 0 Å². The number of nitrogens with zero attached hydrogens (tertiary/aromatic N) is 2. The van der Waals surface area contributed by atoms with Crippen molar-refractivity contribution in [3.8, 4) is 0 Å². The van der Waals surface area contributed by atoms with Crippen LogP contribution in [-0.4, -0.2) is 20.2 Å². The highest BCUT2D eigenvalue weighted by Crippen LogP contribution is 2.21. The van der Waals surface area contributed by atoms with E-state index in [1.807, 2.05) is 18.5 Å². The van der Waals surface area contributed by atoms with Crippen molar-refractivity contribution >= 4 is 17.8 Å². The lowest BCUT2D eigenvalue weighted by Gasteiger charge is -2.17. The number of aromatic nitrogens is 1. The topological polar surface area (TPSA) is 16.4 Å². The van der Waals surface area contributed by atoms with E-state index in [4.69, 9.17) is 4.84 Å². The van der Waals surface area contributed by atoms with E-state index in [2.05, 4.69) is 47.4 Å². The van der Waals surface area contributed by atoms with Crippen molar-refractivity contribution in [1.82, 2.24) is 0 Å². The highest BCUT2D eigenvalue weighted by Gasteiger charge is 2.11. The monoisotopic (exact) mass is 281 g/mol. The van der Waals surface area contributed by atoms with Crippen LogP contribution in [-0.2, 0) is 0 Å². The number of hydrogen-bond donors (Lipinski definition) is 0. The Morgan fingerprint density at radius 2 is 1.71 bits per heavy atom. The molecule has 3 nitrogen and oxygen atoms in total. The fourth-order valence-corrected chi connectivity index (χ4v) is 2.65. The summed E-state index contributed by atoms with van der Waals surface area (Å²) in [5.41, 5.74) is 3.66. The molecule has 1 aliphatic rings. The zero-order chi connectivity index (χ0) is 14.5. The van der Waals surface area contributed by atoms with Gasteiger partial charge in [0.1, 0.15) is 7.11 Å². The first-order valence-corrected chi connectivity index (χ1v) is 7.44. The third-order valence-corrected chi connectivity index (χ3v) is 3.84. The van der Waals surface area contributed by atoms with Gasteiger partial charge >= 0.3 is 0 Å². The molecule has 2 aromatic rings. The van der Waals surface area contributed by atoms with Crippen molar-refractivity contribution in [3.63, 3.8) is 0 Å². The minimum absolute atomic E-state index is 1.11. The van der Waals surface area contributed by atoms with Gasteiger partial charge in [-0.1, -0.05) is 18.2 Å². The van der Waals surface area contributed by atoms with Crippen molar-refractivity contribution in [1.29, 1.82) is 0 Å². The van der Waals surface area contributed by atoms with Gasteiger partial charge in [-0.15, -0.1) is 0 Å². The van der Waals surface area contributed by atoms with Crippen molar-refractivity contribution < 1.29 is 9.57 Å². The van der Waals surface area contributed by atoms with Gasteiger partial charge in [0, 0.05) is 35.1 Å². The van der Waals surface area contributed by atoms with E-state index in [-0.39, 0.29) is 0 Å². The Kier molecular flexibility index (Phi) is 4.20. The quantitative estimate of drug-likeness (QED) is 0.801. The number of pyridine rings is 1. The molecule has 0 saturated carbocycles. The van der Waals surface area contributed by atoms with Gasteiger partial charge in [-0.05, 0) is 42.7 Å². The average molecular weight is 281 g/mol. The van der Waals surface area contributed by atoms with Gasteiger partial charge in [0.25, 0.3) is 0 Å². The fourth-order valence-electron chi connectivity index (χ4n) is 2.65. The molecule has 3 rings (SSSR count). The fraction of sp³-hybridized carbons (Fsp3) is 0.278. The standard InChI is InChI=1S/C18H21N2O/c1-21-20-14-4-5-17(15-20)7-6-16-8-10-18(11-9-16)19-12-2-3-13-19/h4-11,14-15H,2-3,12-13H2,1H3/q+1/b7-6+. The summed E-state index contributed by atoms with van der Waals surface area (Å²) in [6, 6.07) is 12.8. The summed E-state index contributed by atoms with van der Waals surface area (Å²) in [6.07, 6.45) is 10.7. The van der Waals surface area contributed by atoms with Gasteiger partial charge in [0.05, 0.1) is 0 Å². The molecule has 0 bridgehead atoms. The van der Waals surface area contributed by atoms with Crippen molar-refractivity contribution in [2.24, 2.45) is 0 Å². The molecule has 1 aliphatic heterocycles. The molecule has 21 heavy (non-hydrogen) atoms. The molecule has 108 valence electrons. The van der Waals surface area contributed by atoms with E-state index in [1.165, 1.54) is 37.2 Å². The third-order valence-electron chi connectivity index (χ3n) is 3.84. The third kappa shape index (κ3) is 3.43. The Bertz CT molecular complexity index is 613. The van der Waals surface area contributed by atoms with E-state index in [1.54, 1.807) is 11.8 Å². The normalized spacial score (nSPS) is 14.8. The predicted octanol–water partition coefficient (Wildman–Crippen LogP) is 2.80. The minimum atomic E-state index is 1.11. The number of rotatable bonds is 4. The van der Waals surface area contributed by atoms with Gasteiger partial charge < -0.3 is 4.90 Å². The molecule has 0 spiro atoms. The van der Waals surface area contributed by atoms with Gasteiger partial charge in [0.2, 0.25) is 12.4 Å². The Balaban J connectivity index is 1.70. The summed E-state index contributed by atoms with van der Waals surface area (Å²) in [5, 5.41) is 0. The van der Waals surface area contributed by atoms with Crippen LogP contribution < -0.4 is 14.5 Å². The Hall–Kier alpha value is -2.29. The molecule has 1 aromatic carbocycles. The second-order valence-corrected chi connectivity index (χ2v) is 5.30. The molecule has 0 aliphatic carbocycles. The first-order chi connectivity index (χ1) is 10.3. The summed E-state index contributed by atoms with van der Waals surface area (Å²) in [5.74, 6) is 0. The van der Waals surface area contributed by atoms with Crippen molar-refractivity contribution in [2.45, 2.75) is 12.8 Å². The van der Waals surface area contributed by atoms with E-state index >= 15 is 0 Å². The predicted molar refractivity (Wildman–Crippen MR) is 86.0 cm³/mol. The maximum Gasteiger partial charge on any atom is 0.229 e. The van der Waals surface area contributed by atoms with Crippen LogP contribution in [0.4, 0.5) is 5.69 Å². The van der Waals surface area contributed by atoms with Crippen LogP contribution >= 0.6 is 0 Å². The molecule has 0 atom stereocenters. The smallest absolute Gasteiger partial charge is 0.229 e. The zero-order valence-corrected chi connectivity index (χ0v) is 12.4. The van der Waals surface area contributed by atoms with Crippen molar-refractivity contribution in [3.05, 3.63) is 59.9 Å². The zero-order valence-electron chi connectivity index (χ0n) is 12.4. The van der Waals surface area contributed by atoms with E-state index in [0.717, 1.165) is 5.56 Å². The van der Waals surface area contributed by atoms with Crippen molar-refractivity contribution in [2.75, 3.05) is 25.1 Å². The molecule has 0 unspecified atom stereocenters. The van der Waals surface area contributed by atoms with Gasteiger partial charge in [-0.3, -0.25) is 4.84 Å². The maximum absolute atomic E-state index is 5.16. The van der Waals surface area contributed by atoms with Crippen LogP contribution in [0.2, 0.25) is 0 Å². The van der Waals surface area contributed by atoms with E-state index in [9.17, 15) is 0 Å². The van der Waals surface area contributed by atoms with Crippen LogP contribution in [0.15, 0.2) is 48.8 Å². The largest absolute Gasteiger partial charge is 0.372 e. The highest BCUT2D eigenvalue weighted by molar-refractivity contribution is 5.70. The Morgan fingerprint density at radius 3 is 2.43 bits per heavy atom. The minimum Gasteiger partial charge on any atom is -0.372 e. The van der Waals surface area contributed by atoms with Gasteiger partial charge in [-0.25, -0.2) is 0 Å². The number of hydrogen-bond acceptors (Lipinski definition) is 2. The molecular formula is C18H21N2O+. The summed E-state index contributed by atoms with van der Waals surface area (Å²) in [6.45, 7) is 2.38. The molecule has 0 radical (unpaired) electrons.